The van der Waals surface area contributed by atoms with Gasteiger partial charge in [0.05, 0.1) is 6.21 Å². The van der Waals surface area contributed by atoms with E-state index in [4.69, 9.17) is 10.5 Å². The normalized spacial score (nSPS) is 10.5. The van der Waals surface area contributed by atoms with E-state index >= 15 is 0 Å². The quantitative estimate of drug-likeness (QED) is 0.506. The number of hydrogen-bond acceptors (Lipinski definition) is 3. The average Bonchev–Trinajstić information content (AvgIpc) is 2.47. The first-order valence-corrected chi connectivity index (χ1v) is 6.92. The Kier molecular flexibility index (Phi) is 5.29. The zero-order chi connectivity index (χ0) is 15.1. The second-order valence-corrected chi connectivity index (χ2v) is 4.96. The minimum absolute atomic E-state index is 0.143. The summed E-state index contributed by atoms with van der Waals surface area (Å²) in [6, 6.07) is 15.8. The van der Waals surface area contributed by atoms with E-state index in [-0.39, 0.29) is 5.11 Å². The maximum atomic E-state index is 5.77. The highest BCUT2D eigenvalue weighted by Gasteiger charge is 1.99. The molecule has 0 aliphatic rings. The molecule has 0 heterocycles. The first-order valence-electron chi connectivity index (χ1n) is 6.51. The molecule has 2 rings (SSSR count). The molecule has 0 aliphatic heterocycles. The van der Waals surface area contributed by atoms with Gasteiger partial charge in [0, 0.05) is 0 Å². The summed E-state index contributed by atoms with van der Waals surface area (Å²) < 4.78 is 5.77. The van der Waals surface area contributed by atoms with Crippen LogP contribution in [0.1, 0.15) is 16.7 Å². The molecular weight excluding hydrogens is 282 g/mol. The second kappa shape index (κ2) is 7.40. The van der Waals surface area contributed by atoms with Gasteiger partial charge >= 0.3 is 0 Å². The van der Waals surface area contributed by atoms with Crippen LogP contribution < -0.4 is 15.9 Å². The molecule has 108 valence electrons. The van der Waals surface area contributed by atoms with Gasteiger partial charge in [0.25, 0.3) is 0 Å². The maximum absolute atomic E-state index is 5.77. The molecule has 0 unspecified atom stereocenters. The van der Waals surface area contributed by atoms with Crippen LogP contribution in [0.4, 0.5) is 0 Å². The van der Waals surface area contributed by atoms with E-state index in [0.717, 1.165) is 11.3 Å². The average molecular weight is 299 g/mol. The van der Waals surface area contributed by atoms with E-state index in [2.05, 4.69) is 41.8 Å². The minimum atomic E-state index is 0.143. The number of ether oxygens (including phenoxy) is 1. The predicted molar refractivity (Wildman–Crippen MR) is 89.5 cm³/mol. The topological polar surface area (TPSA) is 59.6 Å². The Morgan fingerprint density at radius 3 is 2.62 bits per heavy atom. The van der Waals surface area contributed by atoms with E-state index in [9.17, 15) is 0 Å². The predicted octanol–water partition coefficient (Wildman–Crippen LogP) is 2.74. The fraction of sp³-hybridized carbons (Fsp3) is 0.125. The van der Waals surface area contributed by atoms with Crippen molar-refractivity contribution in [1.29, 1.82) is 0 Å². The smallest absolute Gasteiger partial charge is 0.184 e. The van der Waals surface area contributed by atoms with Crippen LogP contribution in [0.2, 0.25) is 0 Å². The van der Waals surface area contributed by atoms with Gasteiger partial charge in [-0.1, -0.05) is 24.3 Å². The fourth-order valence-electron chi connectivity index (χ4n) is 1.75. The van der Waals surface area contributed by atoms with Gasteiger partial charge in [0.2, 0.25) is 0 Å². The molecule has 0 saturated carbocycles. The van der Waals surface area contributed by atoms with Crippen LogP contribution in [0.5, 0.6) is 5.75 Å². The van der Waals surface area contributed by atoms with Gasteiger partial charge in [-0.2, -0.15) is 5.10 Å². The summed E-state index contributed by atoms with van der Waals surface area (Å²) in [6.45, 7) is 2.64. The van der Waals surface area contributed by atoms with Crippen molar-refractivity contribution in [2.75, 3.05) is 0 Å². The molecule has 0 saturated heterocycles. The van der Waals surface area contributed by atoms with Gasteiger partial charge < -0.3 is 10.5 Å². The molecule has 0 atom stereocenters. The Balaban J connectivity index is 1.92. The number of nitrogens with zero attached hydrogens (tertiary/aromatic N) is 1. The highest BCUT2D eigenvalue weighted by atomic mass is 32.1. The van der Waals surface area contributed by atoms with Gasteiger partial charge in [-0.05, 0) is 60.1 Å². The van der Waals surface area contributed by atoms with E-state index in [0.29, 0.717) is 6.61 Å². The Labute approximate surface area is 129 Å². The maximum Gasteiger partial charge on any atom is 0.184 e. The van der Waals surface area contributed by atoms with E-state index in [1.54, 1.807) is 6.21 Å². The fourth-order valence-corrected chi connectivity index (χ4v) is 1.81. The van der Waals surface area contributed by atoms with Crippen molar-refractivity contribution in [2.24, 2.45) is 10.8 Å². The summed E-state index contributed by atoms with van der Waals surface area (Å²) in [4.78, 5) is 0. The molecule has 0 radical (unpaired) electrons. The van der Waals surface area contributed by atoms with Crippen molar-refractivity contribution >= 4 is 23.5 Å². The highest BCUT2D eigenvalue weighted by Crippen LogP contribution is 2.15. The largest absolute Gasteiger partial charge is 0.489 e. The van der Waals surface area contributed by atoms with E-state index in [1.807, 2.05) is 36.4 Å². The third-order valence-electron chi connectivity index (χ3n) is 2.92. The summed E-state index contributed by atoms with van der Waals surface area (Å²) in [5.74, 6) is 0.817. The van der Waals surface area contributed by atoms with Gasteiger partial charge in [0.1, 0.15) is 12.4 Å². The molecule has 0 aliphatic carbocycles. The number of benzene rings is 2. The number of rotatable bonds is 5. The lowest BCUT2D eigenvalue weighted by Gasteiger charge is -2.08. The van der Waals surface area contributed by atoms with Gasteiger partial charge in [-0.3, -0.25) is 5.43 Å². The van der Waals surface area contributed by atoms with Crippen LogP contribution in [0, 0.1) is 6.92 Å². The second-order valence-electron chi connectivity index (χ2n) is 4.52. The van der Waals surface area contributed by atoms with Crippen LogP contribution in [0.25, 0.3) is 0 Å². The number of thiocarbonyl (C=S) groups is 1. The summed E-state index contributed by atoms with van der Waals surface area (Å²) in [6.07, 6.45) is 1.64. The van der Waals surface area contributed by atoms with Gasteiger partial charge in [-0.25, -0.2) is 0 Å². The number of hydrazone groups is 1. The summed E-state index contributed by atoms with van der Waals surface area (Å²) in [5, 5.41) is 4.04. The van der Waals surface area contributed by atoms with Gasteiger partial charge in [-0.15, -0.1) is 0 Å². The molecule has 21 heavy (non-hydrogen) atoms. The molecule has 4 nitrogen and oxygen atoms in total. The Hall–Kier alpha value is -2.40. The van der Waals surface area contributed by atoms with E-state index in [1.165, 1.54) is 11.1 Å². The molecule has 0 amide bonds. The third-order valence-corrected chi connectivity index (χ3v) is 3.02. The molecule has 2 aromatic carbocycles. The number of aryl methyl sites for hydroxylation is 1. The third kappa shape index (κ3) is 4.89. The standard InChI is InChI=1S/C16H17N3OS/c1-12-4-2-3-5-14(12)11-20-15-8-6-13(7-9-15)10-18-19-16(17)21/h2-10H,11H2,1H3,(H3,17,19,21). The lowest BCUT2D eigenvalue weighted by atomic mass is 10.1. The molecular formula is C16H17N3OS. The molecule has 0 aromatic heterocycles. The van der Waals surface area contributed by atoms with Crippen molar-refractivity contribution in [3.8, 4) is 5.75 Å². The minimum Gasteiger partial charge on any atom is -0.489 e. The van der Waals surface area contributed by atoms with Crippen LogP contribution in [-0.2, 0) is 6.61 Å². The summed E-state index contributed by atoms with van der Waals surface area (Å²) in [5.41, 5.74) is 11.1. The zero-order valence-electron chi connectivity index (χ0n) is 11.7. The summed E-state index contributed by atoms with van der Waals surface area (Å²) >= 11 is 4.66. The number of nitrogens with one attached hydrogen (secondary N) is 1. The lowest BCUT2D eigenvalue weighted by Crippen LogP contribution is -2.23. The summed E-state index contributed by atoms with van der Waals surface area (Å²) in [7, 11) is 0. The molecule has 2 aromatic rings. The van der Waals surface area contributed by atoms with Crippen LogP contribution in [-0.4, -0.2) is 11.3 Å². The van der Waals surface area contributed by atoms with Crippen LogP contribution in [0.15, 0.2) is 53.6 Å². The number of hydrogen-bond donors (Lipinski definition) is 2. The van der Waals surface area contributed by atoms with E-state index < -0.39 is 0 Å². The Morgan fingerprint density at radius 1 is 1.24 bits per heavy atom. The molecule has 5 heteroatoms. The van der Waals surface area contributed by atoms with Gasteiger partial charge in [0.15, 0.2) is 5.11 Å². The molecule has 0 spiro atoms. The van der Waals surface area contributed by atoms with Crippen molar-refractivity contribution < 1.29 is 4.74 Å². The Morgan fingerprint density at radius 2 is 1.95 bits per heavy atom. The lowest BCUT2D eigenvalue weighted by molar-refractivity contribution is 0.305. The van der Waals surface area contributed by atoms with Crippen molar-refractivity contribution in [1.82, 2.24) is 5.43 Å². The van der Waals surface area contributed by atoms with Crippen molar-refractivity contribution in [3.63, 3.8) is 0 Å². The highest BCUT2D eigenvalue weighted by molar-refractivity contribution is 7.80. The number of nitrogens with two attached hydrogens (primary N) is 1. The van der Waals surface area contributed by atoms with Crippen molar-refractivity contribution in [2.45, 2.75) is 13.5 Å². The zero-order valence-corrected chi connectivity index (χ0v) is 12.6. The first kappa shape index (κ1) is 15.0. The molecule has 0 bridgehead atoms. The van der Waals surface area contributed by atoms with Crippen LogP contribution in [0.3, 0.4) is 0 Å². The molecule has 3 N–H and O–H groups in total. The monoisotopic (exact) mass is 299 g/mol. The first-order chi connectivity index (χ1) is 10.1. The van der Waals surface area contributed by atoms with Crippen LogP contribution >= 0.6 is 12.2 Å². The Bertz CT molecular complexity index is 638. The SMILES string of the molecule is Cc1ccccc1COc1ccc(C=NNC(N)=S)cc1. The van der Waals surface area contributed by atoms with Crippen molar-refractivity contribution in [3.05, 3.63) is 65.2 Å². The molecule has 0 fully saturated rings.